The standard InChI is InChI=1S/C25H23N3O4S2/c1-4-11-32-25(31)22-15(2)27-24(19(13-26)23(22)20-6-5-12-33-20)34-14-21(30)28-18-9-7-17(8-10-18)16(3)29/h4-10,12,23,27H,1,11,14H2,2-3H3,(H,28,30)/t23-/m1/s1. The normalized spacial score (nSPS) is 15.3. The molecule has 174 valence electrons. The quantitative estimate of drug-likeness (QED) is 0.295. The summed E-state index contributed by atoms with van der Waals surface area (Å²) in [7, 11) is 0. The van der Waals surface area contributed by atoms with Crippen LogP contribution in [0.1, 0.15) is 35.0 Å². The van der Waals surface area contributed by atoms with E-state index < -0.39 is 11.9 Å². The fraction of sp³-hybridized carbons (Fsp3) is 0.200. The van der Waals surface area contributed by atoms with Crippen LogP contribution < -0.4 is 10.6 Å². The van der Waals surface area contributed by atoms with Crippen LogP contribution >= 0.6 is 23.1 Å². The average Bonchev–Trinajstić information content (AvgIpc) is 3.35. The van der Waals surface area contributed by atoms with Crippen LogP contribution in [-0.4, -0.2) is 30.0 Å². The molecule has 2 aromatic rings. The van der Waals surface area contributed by atoms with Crippen molar-refractivity contribution in [2.24, 2.45) is 0 Å². The average molecular weight is 494 g/mol. The summed E-state index contributed by atoms with van der Waals surface area (Å²) in [6.45, 7) is 6.85. The van der Waals surface area contributed by atoms with Gasteiger partial charge in [-0.1, -0.05) is 30.5 Å². The highest BCUT2D eigenvalue weighted by atomic mass is 32.2. The molecular weight excluding hydrogens is 470 g/mol. The number of carbonyl (C=O) groups is 3. The minimum absolute atomic E-state index is 0.0443. The second-order valence-electron chi connectivity index (χ2n) is 7.32. The van der Waals surface area contributed by atoms with Gasteiger partial charge in [-0.05, 0) is 49.6 Å². The predicted octanol–water partition coefficient (Wildman–Crippen LogP) is 4.75. The molecule has 1 atom stereocenters. The molecule has 2 N–H and O–H groups in total. The van der Waals surface area contributed by atoms with E-state index >= 15 is 0 Å². The van der Waals surface area contributed by atoms with Crippen LogP contribution in [-0.2, 0) is 14.3 Å². The highest BCUT2D eigenvalue weighted by Gasteiger charge is 2.36. The third kappa shape index (κ3) is 5.84. The Morgan fingerprint density at radius 1 is 1.29 bits per heavy atom. The first-order valence-corrected chi connectivity index (χ1v) is 12.2. The maximum atomic E-state index is 12.8. The van der Waals surface area contributed by atoms with E-state index in [0.29, 0.717) is 33.1 Å². The van der Waals surface area contributed by atoms with Crippen molar-refractivity contribution in [3.8, 4) is 6.07 Å². The number of amides is 1. The topological polar surface area (TPSA) is 108 Å². The van der Waals surface area contributed by atoms with Crippen LogP contribution in [0.2, 0.25) is 0 Å². The number of rotatable bonds is 9. The lowest BCUT2D eigenvalue weighted by molar-refractivity contribution is -0.138. The molecule has 1 aliphatic heterocycles. The van der Waals surface area contributed by atoms with Crippen LogP contribution in [0.5, 0.6) is 0 Å². The molecule has 0 unspecified atom stereocenters. The molecule has 2 heterocycles. The van der Waals surface area contributed by atoms with Crippen molar-refractivity contribution in [3.63, 3.8) is 0 Å². The molecule has 0 spiro atoms. The summed E-state index contributed by atoms with van der Waals surface area (Å²) < 4.78 is 5.27. The first-order valence-electron chi connectivity index (χ1n) is 10.3. The van der Waals surface area contributed by atoms with Crippen LogP contribution in [0.15, 0.2) is 76.3 Å². The summed E-state index contributed by atoms with van der Waals surface area (Å²) in [5.74, 6) is -1.38. The molecule has 0 aliphatic carbocycles. The number of thiophene rings is 1. The Morgan fingerprint density at radius 3 is 2.62 bits per heavy atom. The van der Waals surface area contributed by atoms with Gasteiger partial charge in [-0.2, -0.15) is 5.26 Å². The lowest BCUT2D eigenvalue weighted by atomic mass is 9.87. The number of esters is 1. The summed E-state index contributed by atoms with van der Waals surface area (Å²) >= 11 is 2.62. The number of benzene rings is 1. The van der Waals surface area contributed by atoms with Gasteiger partial charge in [0, 0.05) is 21.8 Å². The number of carbonyl (C=O) groups excluding carboxylic acids is 3. The number of Topliss-reactive ketones (excluding diaryl/α,β-unsaturated/α-hetero) is 1. The van der Waals surface area contributed by atoms with Crippen molar-refractivity contribution in [2.45, 2.75) is 19.8 Å². The van der Waals surface area contributed by atoms with Gasteiger partial charge in [0.1, 0.15) is 6.61 Å². The summed E-state index contributed by atoms with van der Waals surface area (Å²) in [4.78, 5) is 37.6. The zero-order valence-electron chi connectivity index (χ0n) is 18.7. The van der Waals surface area contributed by atoms with Crippen molar-refractivity contribution in [1.29, 1.82) is 5.26 Å². The van der Waals surface area contributed by atoms with E-state index in [1.54, 1.807) is 31.2 Å². The fourth-order valence-corrected chi connectivity index (χ4v) is 5.11. The number of ketones is 1. The second kappa shape index (κ2) is 11.5. The second-order valence-corrected chi connectivity index (χ2v) is 9.29. The molecule has 34 heavy (non-hydrogen) atoms. The Bertz CT molecular complexity index is 1210. The van der Waals surface area contributed by atoms with E-state index in [-0.39, 0.29) is 24.1 Å². The molecule has 0 saturated carbocycles. The maximum Gasteiger partial charge on any atom is 0.337 e. The first-order chi connectivity index (χ1) is 16.3. The van der Waals surface area contributed by atoms with Gasteiger partial charge in [-0.15, -0.1) is 11.3 Å². The summed E-state index contributed by atoms with van der Waals surface area (Å²) in [6.07, 6.45) is 1.48. The zero-order chi connectivity index (χ0) is 24.7. The Labute approximate surface area is 206 Å². The molecule has 9 heteroatoms. The van der Waals surface area contributed by atoms with E-state index in [2.05, 4.69) is 23.3 Å². The van der Waals surface area contributed by atoms with E-state index in [9.17, 15) is 19.6 Å². The maximum absolute atomic E-state index is 12.8. The monoisotopic (exact) mass is 493 g/mol. The molecule has 0 fully saturated rings. The Balaban J connectivity index is 1.79. The number of nitriles is 1. The summed E-state index contributed by atoms with van der Waals surface area (Å²) in [5, 5.41) is 18.3. The van der Waals surface area contributed by atoms with Gasteiger partial charge in [0.05, 0.1) is 33.9 Å². The smallest absolute Gasteiger partial charge is 0.337 e. The SMILES string of the molecule is C=CCOC(=O)C1=C(C)NC(SCC(=O)Nc2ccc(C(C)=O)cc2)=C(C#N)[C@@H]1c1cccs1. The van der Waals surface area contributed by atoms with E-state index in [1.165, 1.54) is 36.1 Å². The number of hydrogen-bond donors (Lipinski definition) is 2. The van der Waals surface area contributed by atoms with Crippen LogP contribution in [0.3, 0.4) is 0 Å². The highest BCUT2D eigenvalue weighted by Crippen LogP contribution is 2.42. The van der Waals surface area contributed by atoms with Crippen molar-refractivity contribution in [3.05, 3.63) is 86.7 Å². The van der Waals surface area contributed by atoms with Crippen LogP contribution in [0.25, 0.3) is 0 Å². The van der Waals surface area contributed by atoms with Crippen molar-refractivity contribution in [1.82, 2.24) is 5.32 Å². The Kier molecular flexibility index (Phi) is 8.46. The van der Waals surface area contributed by atoms with Gasteiger partial charge >= 0.3 is 5.97 Å². The van der Waals surface area contributed by atoms with Gasteiger partial charge in [-0.25, -0.2) is 4.79 Å². The Hall–Kier alpha value is -3.61. The van der Waals surface area contributed by atoms with Crippen LogP contribution in [0.4, 0.5) is 5.69 Å². The van der Waals surface area contributed by atoms with E-state index in [4.69, 9.17) is 4.74 Å². The first kappa shape index (κ1) is 25.0. The van der Waals surface area contributed by atoms with E-state index in [1.807, 2.05) is 17.5 Å². The van der Waals surface area contributed by atoms with Gasteiger partial charge in [0.15, 0.2) is 5.78 Å². The number of dihydropyridines is 1. The van der Waals surface area contributed by atoms with Crippen molar-refractivity contribution in [2.75, 3.05) is 17.7 Å². The molecule has 1 aliphatic rings. The lowest BCUT2D eigenvalue weighted by Crippen LogP contribution is -2.29. The number of allylic oxidation sites excluding steroid dienone is 2. The number of hydrogen-bond acceptors (Lipinski definition) is 8. The number of anilines is 1. The molecule has 0 bridgehead atoms. The molecule has 1 aromatic heterocycles. The van der Waals surface area contributed by atoms with Gasteiger partial charge in [0.25, 0.3) is 0 Å². The highest BCUT2D eigenvalue weighted by molar-refractivity contribution is 8.03. The molecule has 0 saturated heterocycles. The van der Waals surface area contributed by atoms with Gasteiger partial charge < -0.3 is 15.4 Å². The van der Waals surface area contributed by atoms with Crippen molar-refractivity contribution < 1.29 is 19.1 Å². The van der Waals surface area contributed by atoms with Crippen molar-refractivity contribution >= 4 is 46.4 Å². The van der Waals surface area contributed by atoms with E-state index in [0.717, 1.165) is 4.88 Å². The number of nitrogens with one attached hydrogen (secondary N) is 2. The number of thioether (sulfide) groups is 1. The minimum Gasteiger partial charge on any atom is -0.458 e. The summed E-state index contributed by atoms with van der Waals surface area (Å²) in [5.41, 5.74) is 2.41. The predicted molar refractivity (Wildman–Crippen MR) is 134 cm³/mol. The molecule has 1 aromatic carbocycles. The molecular formula is C25H23N3O4S2. The third-order valence-corrected chi connectivity index (χ3v) is 6.90. The number of ether oxygens (including phenoxy) is 1. The van der Waals surface area contributed by atoms with Gasteiger partial charge in [0.2, 0.25) is 5.91 Å². The van der Waals surface area contributed by atoms with Gasteiger partial charge in [-0.3, -0.25) is 9.59 Å². The molecule has 0 radical (unpaired) electrons. The molecule has 7 nitrogen and oxygen atoms in total. The Morgan fingerprint density at radius 2 is 2.03 bits per heavy atom. The largest absolute Gasteiger partial charge is 0.458 e. The van der Waals surface area contributed by atoms with Crippen LogP contribution in [0, 0.1) is 11.3 Å². The molecule has 1 amide bonds. The zero-order valence-corrected chi connectivity index (χ0v) is 20.3. The fourth-order valence-electron chi connectivity index (χ4n) is 3.37. The third-order valence-electron chi connectivity index (χ3n) is 4.95. The number of nitrogens with zero attached hydrogens (tertiary/aromatic N) is 1. The minimum atomic E-state index is -0.590. The lowest BCUT2D eigenvalue weighted by Gasteiger charge is -2.28. The summed E-state index contributed by atoms with van der Waals surface area (Å²) in [6, 6.07) is 12.6. The molecule has 3 rings (SSSR count).